The lowest BCUT2D eigenvalue weighted by Gasteiger charge is -2.20. The molecule has 0 N–H and O–H groups in total. The van der Waals surface area contributed by atoms with E-state index >= 15 is 0 Å². The van der Waals surface area contributed by atoms with Crippen LogP contribution in [0.25, 0.3) is 10.4 Å². The number of ether oxygens (including phenoxy) is 1. The van der Waals surface area contributed by atoms with Crippen LogP contribution in [0, 0.1) is 6.92 Å². The smallest absolute Gasteiger partial charge is 0.124 e. The molecule has 20 heavy (non-hydrogen) atoms. The van der Waals surface area contributed by atoms with E-state index in [0.29, 0.717) is 13.0 Å². The Labute approximate surface area is 118 Å². The van der Waals surface area contributed by atoms with Gasteiger partial charge in [0.05, 0.1) is 0 Å². The molecule has 0 aliphatic heterocycles. The first-order chi connectivity index (χ1) is 9.81. The molecule has 0 amide bonds. The van der Waals surface area contributed by atoms with E-state index in [1.807, 2.05) is 61.5 Å². The average molecular weight is 269 g/mol. The zero-order valence-electron chi connectivity index (χ0n) is 11.4. The van der Waals surface area contributed by atoms with Crippen molar-refractivity contribution in [1.82, 2.24) is 0 Å². The number of para-hydroxylation sites is 1. The van der Waals surface area contributed by atoms with Crippen LogP contribution in [0.15, 0.2) is 59.7 Å². The van der Waals surface area contributed by atoms with Gasteiger partial charge < -0.3 is 4.74 Å². The third kappa shape index (κ3) is 3.77. The highest BCUT2D eigenvalue weighted by atomic mass is 16.7. The lowest BCUT2D eigenvalue weighted by molar-refractivity contribution is 0.196. The van der Waals surface area contributed by atoms with Gasteiger partial charge >= 0.3 is 0 Å². The topological polar surface area (TPSA) is 58.0 Å². The van der Waals surface area contributed by atoms with Crippen molar-refractivity contribution < 1.29 is 4.74 Å². The number of benzene rings is 2. The molecule has 0 heterocycles. The minimum absolute atomic E-state index is 0.109. The number of hydrogen-bond donors (Lipinski definition) is 0. The van der Waals surface area contributed by atoms with E-state index in [-0.39, 0.29) is 6.10 Å². The predicted molar refractivity (Wildman–Crippen MR) is 79.6 cm³/mol. The maximum Gasteiger partial charge on any atom is 0.124 e. The van der Waals surface area contributed by atoms with Crippen LogP contribution in [0.5, 0.6) is 5.75 Å². The molecule has 0 unspecified atom stereocenters. The fraction of sp³-hybridized carbons (Fsp3) is 0.250. The van der Waals surface area contributed by atoms with Crippen molar-refractivity contribution >= 4 is 0 Å². The van der Waals surface area contributed by atoms with E-state index in [9.17, 15) is 0 Å². The van der Waals surface area contributed by atoms with Crippen molar-refractivity contribution in [1.29, 1.82) is 0 Å². The van der Waals surface area contributed by atoms with Gasteiger partial charge in [-0.2, -0.15) is 0 Å². The Bertz CT molecular complexity index is 592. The molecule has 4 nitrogen and oxygen atoms in total. The van der Waals surface area contributed by atoms with Crippen molar-refractivity contribution in [3.63, 3.8) is 0 Å². The average Bonchev–Trinajstić information content (AvgIpc) is 2.49. The van der Waals surface area contributed by atoms with Gasteiger partial charge in [0.2, 0.25) is 0 Å². The second kappa shape index (κ2) is 7.22. The Morgan fingerprint density at radius 3 is 2.50 bits per heavy atom. The van der Waals surface area contributed by atoms with Gasteiger partial charge in [-0.1, -0.05) is 53.6 Å². The van der Waals surface area contributed by atoms with Crippen molar-refractivity contribution in [3.05, 3.63) is 76.2 Å². The summed E-state index contributed by atoms with van der Waals surface area (Å²) in [4.78, 5) is 2.80. The molecule has 0 radical (unpaired) electrons. The van der Waals surface area contributed by atoms with Crippen LogP contribution >= 0.6 is 0 Å². The van der Waals surface area contributed by atoms with E-state index in [1.54, 1.807) is 0 Å². The van der Waals surface area contributed by atoms with Gasteiger partial charge in [0.15, 0.2) is 0 Å². The summed E-state index contributed by atoms with van der Waals surface area (Å²) in [6.07, 6.45) is 0.547. The Morgan fingerprint density at radius 2 is 1.80 bits per heavy atom. The first-order valence-electron chi connectivity index (χ1n) is 6.59. The minimum atomic E-state index is -0.109. The number of hydrogen-bond acceptors (Lipinski definition) is 2. The summed E-state index contributed by atoms with van der Waals surface area (Å²) >= 11 is 0. The molecule has 0 saturated carbocycles. The van der Waals surface area contributed by atoms with Crippen LogP contribution in [0.1, 0.15) is 23.7 Å². The van der Waals surface area contributed by atoms with Gasteiger partial charge in [-0.15, -0.1) is 0 Å². The number of rotatable bonds is 6. The summed E-state index contributed by atoms with van der Waals surface area (Å²) in [5.74, 6) is 0.863. The fourth-order valence-electron chi connectivity index (χ4n) is 2.02. The highest BCUT2D eigenvalue weighted by Crippen LogP contribution is 2.27. The lowest BCUT2D eigenvalue weighted by Crippen LogP contribution is -2.09. The molecule has 0 aliphatic rings. The molecule has 2 aromatic rings. The number of aryl methyl sites for hydroxylation is 1. The highest BCUT2D eigenvalue weighted by molar-refractivity contribution is 5.33. The third-order valence-corrected chi connectivity index (χ3v) is 3.09. The van der Waals surface area contributed by atoms with Gasteiger partial charge in [0.1, 0.15) is 11.9 Å². The molecule has 0 fully saturated rings. The van der Waals surface area contributed by atoms with Gasteiger partial charge in [-0.25, -0.2) is 0 Å². The lowest BCUT2D eigenvalue weighted by atomic mass is 10.2. The quantitative estimate of drug-likeness (QED) is 0.421. The van der Waals surface area contributed by atoms with Gasteiger partial charge in [0.25, 0.3) is 0 Å². The van der Waals surface area contributed by atoms with Crippen molar-refractivity contribution in [2.45, 2.75) is 19.4 Å². The molecule has 4 heteroatoms. The first kappa shape index (κ1) is 14.0. The molecular formula is C16H17N3O. The van der Waals surface area contributed by atoms with E-state index in [4.69, 9.17) is 10.3 Å². The van der Waals surface area contributed by atoms with Gasteiger partial charge in [0, 0.05) is 11.5 Å². The Hall–Kier alpha value is -2.45. The molecule has 2 rings (SSSR count). The largest absolute Gasteiger partial charge is 0.485 e. The van der Waals surface area contributed by atoms with Crippen molar-refractivity contribution in [3.8, 4) is 5.75 Å². The van der Waals surface area contributed by atoms with Crippen molar-refractivity contribution in [2.75, 3.05) is 6.54 Å². The summed E-state index contributed by atoms with van der Waals surface area (Å²) < 4.78 is 6.09. The summed E-state index contributed by atoms with van der Waals surface area (Å²) in [6.45, 7) is 2.44. The van der Waals surface area contributed by atoms with E-state index < -0.39 is 0 Å². The predicted octanol–water partition coefficient (Wildman–Crippen LogP) is 4.82. The maximum absolute atomic E-state index is 8.40. The highest BCUT2D eigenvalue weighted by Gasteiger charge is 2.13. The molecule has 2 aromatic carbocycles. The first-order valence-corrected chi connectivity index (χ1v) is 6.59. The van der Waals surface area contributed by atoms with Gasteiger partial charge in [-0.3, -0.25) is 0 Å². The molecule has 0 saturated heterocycles. The standard InChI is InChI=1S/C16H17N3O/c1-13-7-5-6-10-15(13)20-16(11-12-18-19-17)14-8-3-2-4-9-14/h2-10,16H,11-12H2,1H3/t16-/m1/s1/i16+2. The molecule has 1 atom stereocenters. The van der Waals surface area contributed by atoms with E-state index in [1.165, 1.54) is 0 Å². The normalized spacial score (nSPS) is 11.4. The molecule has 0 bridgehead atoms. The van der Waals surface area contributed by atoms with Crippen molar-refractivity contribution in [2.24, 2.45) is 5.11 Å². The SMILES string of the molecule is Cc1ccccc1O[14C@H](CCN=[N+]=[N-])c1ccccc1. The molecule has 0 aromatic heterocycles. The van der Waals surface area contributed by atoms with Crippen LogP contribution in [0.4, 0.5) is 0 Å². The molecule has 102 valence electrons. The maximum atomic E-state index is 8.40. The second-order valence-corrected chi connectivity index (χ2v) is 4.53. The Kier molecular flexibility index (Phi) is 5.04. The Morgan fingerprint density at radius 1 is 1.10 bits per heavy atom. The monoisotopic (exact) mass is 269 g/mol. The number of azide groups is 1. The van der Waals surface area contributed by atoms with Crippen LogP contribution < -0.4 is 4.74 Å². The van der Waals surface area contributed by atoms with Crippen LogP contribution in [0.3, 0.4) is 0 Å². The third-order valence-electron chi connectivity index (χ3n) is 3.09. The van der Waals surface area contributed by atoms with Crippen LogP contribution in [0.2, 0.25) is 0 Å². The van der Waals surface area contributed by atoms with E-state index in [2.05, 4.69) is 10.0 Å². The zero-order chi connectivity index (χ0) is 14.2. The molecular weight excluding hydrogens is 252 g/mol. The zero-order valence-corrected chi connectivity index (χ0v) is 11.4. The van der Waals surface area contributed by atoms with Gasteiger partial charge in [-0.05, 0) is 36.1 Å². The fourth-order valence-corrected chi connectivity index (χ4v) is 2.02. The summed E-state index contributed by atoms with van der Waals surface area (Å²) in [5, 5.41) is 3.60. The second-order valence-electron chi connectivity index (χ2n) is 4.53. The summed E-state index contributed by atoms with van der Waals surface area (Å²) in [5.41, 5.74) is 10.6. The van der Waals surface area contributed by atoms with Crippen LogP contribution in [-0.4, -0.2) is 6.54 Å². The van der Waals surface area contributed by atoms with Crippen LogP contribution in [-0.2, 0) is 0 Å². The molecule has 0 spiro atoms. The van der Waals surface area contributed by atoms with E-state index in [0.717, 1.165) is 16.9 Å². The number of nitrogens with zero attached hydrogens (tertiary/aromatic N) is 3. The summed E-state index contributed by atoms with van der Waals surface area (Å²) in [6, 6.07) is 17.9. The minimum Gasteiger partial charge on any atom is -0.485 e. The summed E-state index contributed by atoms with van der Waals surface area (Å²) in [7, 11) is 0. The Balaban J connectivity index is 2.18. The molecule has 0 aliphatic carbocycles.